The maximum absolute atomic E-state index is 14.2. The molecule has 4 nitrogen and oxygen atoms in total. The molecule has 0 aliphatic heterocycles. The third kappa shape index (κ3) is 7.68. The van der Waals surface area contributed by atoms with E-state index in [-0.39, 0.29) is 17.2 Å². The van der Waals surface area contributed by atoms with E-state index in [1.54, 1.807) is 19.1 Å². The van der Waals surface area contributed by atoms with Gasteiger partial charge >= 0.3 is 6.18 Å². The molecule has 0 aliphatic rings. The van der Waals surface area contributed by atoms with Crippen molar-refractivity contribution in [2.75, 3.05) is 14.2 Å². The molecule has 2 aromatic rings. The minimum Gasteiger partial charge on any atom is -0.496 e. The van der Waals surface area contributed by atoms with Crippen LogP contribution in [0.25, 0.3) is 0 Å². The summed E-state index contributed by atoms with van der Waals surface area (Å²) >= 11 is 0. The van der Waals surface area contributed by atoms with Gasteiger partial charge in [-0.05, 0) is 61.1 Å². The predicted molar refractivity (Wildman–Crippen MR) is 134 cm³/mol. The first kappa shape index (κ1) is 29.1. The highest BCUT2D eigenvalue weighted by atomic mass is 19.4. The van der Waals surface area contributed by atoms with Crippen LogP contribution in [0.15, 0.2) is 77.5 Å². The summed E-state index contributed by atoms with van der Waals surface area (Å²) in [5.74, 6) is -0.378. The van der Waals surface area contributed by atoms with Gasteiger partial charge in [-0.25, -0.2) is 4.39 Å². The molecule has 0 heterocycles. The summed E-state index contributed by atoms with van der Waals surface area (Å²) in [4.78, 5) is 3.87. The fraction of sp³-hybridized carbons (Fsp3) is 0.393. The smallest absolute Gasteiger partial charge is 0.417 e. The number of methoxy groups -OCH3 is 1. The summed E-state index contributed by atoms with van der Waals surface area (Å²) in [7, 11) is 2.65. The zero-order chi connectivity index (χ0) is 27.0. The van der Waals surface area contributed by atoms with Crippen molar-refractivity contribution in [3.63, 3.8) is 0 Å². The third-order valence-electron chi connectivity index (χ3n) is 5.84. The monoisotopic (exact) mass is 507 g/mol. The lowest BCUT2D eigenvalue weighted by molar-refractivity contribution is -0.264. The van der Waals surface area contributed by atoms with Crippen LogP contribution in [0.2, 0.25) is 0 Å². The summed E-state index contributed by atoms with van der Waals surface area (Å²) < 4.78 is 67.5. The minimum absolute atomic E-state index is 0.210. The van der Waals surface area contributed by atoms with E-state index in [9.17, 15) is 22.7 Å². The number of aliphatic hydroxyl groups is 1. The maximum Gasteiger partial charge on any atom is 0.417 e. The molecule has 0 aliphatic carbocycles. The summed E-state index contributed by atoms with van der Waals surface area (Å²) in [6.45, 7) is 4.67. The van der Waals surface area contributed by atoms with Gasteiger partial charge in [0.1, 0.15) is 17.3 Å². The van der Waals surface area contributed by atoms with Crippen molar-refractivity contribution in [2.45, 2.75) is 57.2 Å². The molecule has 2 rings (SSSR count). The first-order valence-electron chi connectivity index (χ1n) is 11.5. The Bertz CT molecular complexity index is 1090. The molecule has 0 bridgehead atoms. The fourth-order valence-corrected chi connectivity index (χ4v) is 3.96. The minimum atomic E-state index is -5.01. The van der Waals surface area contributed by atoms with Crippen LogP contribution in [0.5, 0.6) is 5.75 Å². The van der Waals surface area contributed by atoms with Crippen molar-refractivity contribution in [3.8, 4) is 5.75 Å². The molecule has 0 radical (unpaired) electrons. The lowest BCUT2D eigenvalue weighted by Gasteiger charge is -2.38. The van der Waals surface area contributed by atoms with Crippen LogP contribution in [-0.4, -0.2) is 36.9 Å². The van der Waals surface area contributed by atoms with Crippen molar-refractivity contribution in [1.29, 1.82) is 0 Å². The number of aliphatic imine (C=N–C) groups is 1. The quantitative estimate of drug-likeness (QED) is 0.125. The molecule has 2 aromatic carbocycles. The van der Waals surface area contributed by atoms with Crippen molar-refractivity contribution in [3.05, 3.63) is 89.5 Å². The standard InChI is InChI=1S/C28H33F4NO3/c1-6-22(14-10-13-20-11-8-7-9-12-20)36-25(33-4)18-27(34,28(30,31)32)19-26(2,3)23-17-21(29)15-16-24(23)35-5/h6-12,14-17,34H,13,18-19H2,1-5H3/b14-10-,22-6+,33-25?. The number of hydrogen-bond acceptors (Lipinski definition) is 4. The van der Waals surface area contributed by atoms with Crippen LogP contribution in [0, 0.1) is 5.82 Å². The first-order chi connectivity index (χ1) is 16.8. The van der Waals surface area contributed by atoms with Gasteiger partial charge in [0.15, 0.2) is 11.5 Å². The fourth-order valence-electron chi connectivity index (χ4n) is 3.96. The molecule has 1 atom stereocenters. The van der Waals surface area contributed by atoms with Crippen LogP contribution in [0.1, 0.15) is 44.7 Å². The van der Waals surface area contributed by atoms with Gasteiger partial charge in [-0.3, -0.25) is 4.99 Å². The van der Waals surface area contributed by atoms with E-state index in [1.807, 2.05) is 36.4 Å². The predicted octanol–water partition coefficient (Wildman–Crippen LogP) is 6.93. The van der Waals surface area contributed by atoms with Crippen LogP contribution in [0.3, 0.4) is 0 Å². The molecule has 196 valence electrons. The molecule has 0 fully saturated rings. The highest BCUT2D eigenvalue weighted by Gasteiger charge is 2.57. The number of benzene rings is 2. The Morgan fingerprint density at radius 1 is 1.08 bits per heavy atom. The summed E-state index contributed by atoms with van der Waals surface area (Å²) in [5.41, 5.74) is -3.23. The van der Waals surface area contributed by atoms with E-state index in [1.165, 1.54) is 34.1 Å². The van der Waals surface area contributed by atoms with Crippen LogP contribution < -0.4 is 4.74 Å². The van der Waals surface area contributed by atoms with Crippen molar-refractivity contribution in [1.82, 2.24) is 0 Å². The lowest BCUT2D eigenvalue weighted by Crippen LogP contribution is -2.50. The topological polar surface area (TPSA) is 51.0 Å². The number of rotatable bonds is 10. The Morgan fingerprint density at radius 2 is 1.75 bits per heavy atom. The maximum atomic E-state index is 14.2. The van der Waals surface area contributed by atoms with E-state index >= 15 is 0 Å². The molecule has 0 spiro atoms. The van der Waals surface area contributed by atoms with Gasteiger partial charge in [-0.2, -0.15) is 13.2 Å². The van der Waals surface area contributed by atoms with Gasteiger partial charge in [-0.1, -0.05) is 50.3 Å². The number of ether oxygens (including phenoxy) is 2. The second-order valence-electron chi connectivity index (χ2n) is 9.11. The van der Waals surface area contributed by atoms with E-state index in [0.717, 1.165) is 17.7 Å². The molecule has 0 saturated carbocycles. The third-order valence-corrected chi connectivity index (χ3v) is 5.84. The van der Waals surface area contributed by atoms with Gasteiger partial charge < -0.3 is 14.6 Å². The highest BCUT2D eigenvalue weighted by Crippen LogP contribution is 2.45. The molecular formula is C28H33F4NO3. The number of alkyl halides is 3. The largest absolute Gasteiger partial charge is 0.496 e. The Morgan fingerprint density at radius 3 is 2.31 bits per heavy atom. The van der Waals surface area contributed by atoms with E-state index in [0.29, 0.717) is 12.2 Å². The van der Waals surface area contributed by atoms with Crippen LogP contribution in [-0.2, 0) is 16.6 Å². The average molecular weight is 508 g/mol. The van der Waals surface area contributed by atoms with Crippen molar-refractivity contribution < 1.29 is 32.1 Å². The first-order valence-corrected chi connectivity index (χ1v) is 11.5. The molecule has 0 aromatic heterocycles. The zero-order valence-corrected chi connectivity index (χ0v) is 21.2. The second kappa shape index (κ2) is 12.2. The molecule has 1 N–H and O–H groups in total. The Labute approximate surface area is 210 Å². The molecule has 8 heteroatoms. The second-order valence-corrected chi connectivity index (χ2v) is 9.11. The SMILES string of the molecule is C/C=C(\C=C/Cc1ccccc1)OC(CC(O)(CC(C)(C)c1cc(F)ccc1OC)C(F)(F)F)=NC. The molecule has 1 unspecified atom stereocenters. The van der Waals surface area contributed by atoms with Gasteiger partial charge in [0.2, 0.25) is 0 Å². The van der Waals surface area contributed by atoms with Crippen molar-refractivity contribution >= 4 is 5.90 Å². The molecule has 0 amide bonds. The van der Waals surface area contributed by atoms with Crippen molar-refractivity contribution in [2.24, 2.45) is 4.99 Å². The molecule has 36 heavy (non-hydrogen) atoms. The normalized spacial score (nSPS) is 15.2. The van der Waals surface area contributed by atoms with Gasteiger partial charge in [0, 0.05) is 12.6 Å². The van der Waals surface area contributed by atoms with Gasteiger partial charge in [0.05, 0.1) is 13.5 Å². The summed E-state index contributed by atoms with van der Waals surface area (Å²) in [5, 5.41) is 10.9. The molecular weight excluding hydrogens is 474 g/mol. The Balaban J connectivity index is 2.26. The summed E-state index contributed by atoms with van der Waals surface area (Å²) in [6.07, 6.45) is -1.03. The van der Waals surface area contributed by atoms with Gasteiger partial charge in [0.25, 0.3) is 0 Å². The van der Waals surface area contributed by atoms with Crippen LogP contribution >= 0.6 is 0 Å². The molecule has 0 saturated heterocycles. The van der Waals surface area contributed by atoms with E-state index < -0.39 is 35.9 Å². The number of allylic oxidation sites excluding steroid dienone is 3. The van der Waals surface area contributed by atoms with E-state index in [2.05, 4.69) is 4.99 Å². The number of nitrogens with zero attached hydrogens (tertiary/aromatic N) is 1. The lowest BCUT2D eigenvalue weighted by atomic mass is 9.73. The Kier molecular flexibility index (Phi) is 9.87. The summed E-state index contributed by atoms with van der Waals surface area (Å²) in [6, 6.07) is 13.3. The highest BCUT2D eigenvalue weighted by molar-refractivity contribution is 5.78. The van der Waals surface area contributed by atoms with E-state index in [4.69, 9.17) is 9.47 Å². The van der Waals surface area contributed by atoms with Gasteiger partial charge in [-0.15, -0.1) is 0 Å². The van der Waals surface area contributed by atoms with Crippen LogP contribution in [0.4, 0.5) is 17.6 Å². The number of hydrogen-bond donors (Lipinski definition) is 1. The number of halogens is 4. The Hall–Kier alpha value is -3.13. The average Bonchev–Trinajstić information content (AvgIpc) is 2.82. The zero-order valence-electron chi connectivity index (χ0n) is 21.2.